The smallest absolute Gasteiger partial charge is 0.414 e. The third kappa shape index (κ3) is 6.59. The van der Waals surface area contributed by atoms with Crippen molar-refractivity contribution in [3.8, 4) is 0 Å². The molecule has 0 heterocycles. The SMILES string of the molecule is C=C(C)C(=O)NC(=O)OCCOC(=O)C(C)(C)CC. The average molecular weight is 271 g/mol. The maximum absolute atomic E-state index is 11.6. The molecule has 0 fully saturated rings. The van der Waals surface area contributed by atoms with Crippen LogP contribution in [0.1, 0.15) is 34.1 Å². The molecule has 108 valence electrons. The summed E-state index contributed by atoms with van der Waals surface area (Å²) in [6, 6.07) is 0. The largest absolute Gasteiger partial charge is 0.462 e. The molecule has 0 spiro atoms. The second-order valence-electron chi connectivity index (χ2n) is 4.74. The first-order valence-corrected chi connectivity index (χ1v) is 6.01. The molecule has 0 atom stereocenters. The zero-order valence-corrected chi connectivity index (χ0v) is 11.9. The Balaban J connectivity index is 3.87. The molecule has 0 aromatic carbocycles. The summed E-state index contributed by atoms with van der Waals surface area (Å²) in [5.74, 6) is -0.953. The van der Waals surface area contributed by atoms with Gasteiger partial charge in [-0.1, -0.05) is 13.5 Å². The first-order chi connectivity index (χ1) is 8.70. The van der Waals surface area contributed by atoms with Crippen LogP contribution in [0.15, 0.2) is 12.2 Å². The first kappa shape index (κ1) is 17.2. The summed E-state index contributed by atoms with van der Waals surface area (Å²) in [7, 11) is 0. The third-order valence-corrected chi connectivity index (χ3v) is 2.59. The van der Waals surface area contributed by atoms with Crippen LogP contribution in [0.25, 0.3) is 0 Å². The van der Waals surface area contributed by atoms with E-state index >= 15 is 0 Å². The first-order valence-electron chi connectivity index (χ1n) is 6.01. The third-order valence-electron chi connectivity index (χ3n) is 2.59. The lowest BCUT2D eigenvalue weighted by Crippen LogP contribution is -2.32. The van der Waals surface area contributed by atoms with E-state index in [1.807, 2.05) is 12.2 Å². The van der Waals surface area contributed by atoms with Crippen LogP contribution in [0, 0.1) is 5.41 Å². The monoisotopic (exact) mass is 271 g/mol. The van der Waals surface area contributed by atoms with E-state index in [1.165, 1.54) is 6.92 Å². The van der Waals surface area contributed by atoms with E-state index < -0.39 is 17.4 Å². The van der Waals surface area contributed by atoms with Crippen LogP contribution in [0.2, 0.25) is 0 Å². The molecule has 0 aromatic heterocycles. The maximum atomic E-state index is 11.6. The van der Waals surface area contributed by atoms with Gasteiger partial charge in [0.05, 0.1) is 5.41 Å². The van der Waals surface area contributed by atoms with Crippen molar-refractivity contribution in [1.29, 1.82) is 0 Å². The highest BCUT2D eigenvalue weighted by Gasteiger charge is 2.26. The molecule has 6 heteroatoms. The molecule has 6 nitrogen and oxygen atoms in total. The van der Waals surface area contributed by atoms with Crippen molar-refractivity contribution in [2.45, 2.75) is 34.1 Å². The number of nitrogens with one attached hydrogen (secondary N) is 1. The Morgan fingerprint density at radius 3 is 2.16 bits per heavy atom. The van der Waals surface area contributed by atoms with Gasteiger partial charge in [-0.3, -0.25) is 14.9 Å². The fourth-order valence-corrected chi connectivity index (χ4v) is 0.844. The van der Waals surface area contributed by atoms with Crippen molar-refractivity contribution in [1.82, 2.24) is 5.32 Å². The number of rotatable bonds is 6. The molecule has 0 aromatic rings. The molecule has 0 saturated carbocycles. The van der Waals surface area contributed by atoms with Gasteiger partial charge < -0.3 is 9.47 Å². The van der Waals surface area contributed by atoms with E-state index in [4.69, 9.17) is 4.74 Å². The van der Waals surface area contributed by atoms with Gasteiger partial charge >= 0.3 is 12.1 Å². The number of alkyl carbamates (subject to hydrolysis) is 1. The average Bonchev–Trinajstić information content (AvgIpc) is 2.33. The van der Waals surface area contributed by atoms with Crippen LogP contribution in [-0.4, -0.2) is 31.2 Å². The van der Waals surface area contributed by atoms with Crippen LogP contribution >= 0.6 is 0 Å². The van der Waals surface area contributed by atoms with E-state index in [2.05, 4.69) is 11.3 Å². The van der Waals surface area contributed by atoms with Gasteiger partial charge in [0.1, 0.15) is 13.2 Å². The highest BCUT2D eigenvalue weighted by Crippen LogP contribution is 2.21. The van der Waals surface area contributed by atoms with Crippen molar-refractivity contribution in [2.24, 2.45) is 5.41 Å². The summed E-state index contributed by atoms with van der Waals surface area (Å²) >= 11 is 0. The van der Waals surface area contributed by atoms with Crippen molar-refractivity contribution in [3.63, 3.8) is 0 Å². The summed E-state index contributed by atoms with van der Waals surface area (Å²) in [5.41, 5.74) is -0.355. The van der Waals surface area contributed by atoms with Crippen molar-refractivity contribution >= 4 is 18.0 Å². The summed E-state index contributed by atoms with van der Waals surface area (Å²) in [4.78, 5) is 33.8. The van der Waals surface area contributed by atoms with Gasteiger partial charge in [-0.2, -0.15) is 0 Å². The summed E-state index contributed by atoms with van der Waals surface area (Å²) in [5, 5.41) is 1.97. The van der Waals surface area contributed by atoms with E-state index in [9.17, 15) is 14.4 Å². The lowest BCUT2D eigenvalue weighted by atomic mass is 9.91. The number of hydrogen-bond donors (Lipinski definition) is 1. The predicted molar refractivity (Wildman–Crippen MR) is 69.3 cm³/mol. The van der Waals surface area contributed by atoms with Gasteiger partial charge in [0.25, 0.3) is 5.91 Å². The quantitative estimate of drug-likeness (QED) is 0.452. The Hall–Kier alpha value is -1.85. The van der Waals surface area contributed by atoms with E-state index in [0.29, 0.717) is 6.42 Å². The molecule has 2 amide bonds. The maximum Gasteiger partial charge on any atom is 0.414 e. The van der Waals surface area contributed by atoms with Crippen LogP contribution in [-0.2, 0) is 19.1 Å². The molecule has 0 bridgehead atoms. The molecule has 1 N–H and O–H groups in total. The fraction of sp³-hybridized carbons (Fsp3) is 0.615. The van der Waals surface area contributed by atoms with Crippen molar-refractivity contribution < 1.29 is 23.9 Å². The molecule has 0 aliphatic carbocycles. The Morgan fingerprint density at radius 2 is 1.68 bits per heavy atom. The summed E-state index contributed by atoms with van der Waals surface area (Å²) in [6.45, 7) is 10.1. The van der Waals surface area contributed by atoms with Gasteiger partial charge in [0.15, 0.2) is 0 Å². The number of ether oxygens (including phenoxy) is 2. The van der Waals surface area contributed by atoms with Gasteiger partial charge in [-0.25, -0.2) is 4.79 Å². The molecule has 0 unspecified atom stereocenters. The van der Waals surface area contributed by atoms with E-state index in [0.717, 1.165) is 0 Å². The number of hydrogen-bond acceptors (Lipinski definition) is 5. The number of imide groups is 1. The predicted octanol–water partition coefficient (Wildman–Crippen LogP) is 1.79. The molecular weight excluding hydrogens is 250 g/mol. The molecule has 0 aliphatic rings. The molecule has 0 aliphatic heterocycles. The lowest BCUT2D eigenvalue weighted by Gasteiger charge is -2.20. The molecule has 0 radical (unpaired) electrons. The fourth-order valence-electron chi connectivity index (χ4n) is 0.844. The summed E-state index contributed by atoms with van der Waals surface area (Å²) in [6.07, 6.45) is -0.237. The van der Waals surface area contributed by atoms with Crippen LogP contribution in [0.3, 0.4) is 0 Å². The topological polar surface area (TPSA) is 81.7 Å². The number of carbonyl (C=O) groups excluding carboxylic acids is 3. The molecule has 19 heavy (non-hydrogen) atoms. The Bertz CT molecular complexity index is 373. The molecule has 0 saturated heterocycles. The van der Waals surface area contributed by atoms with E-state index in [-0.39, 0.29) is 24.8 Å². The van der Waals surface area contributed by atoms with E-state index in [1.54, 1.807) is 13.8 Å². The minimum absolute atomic E-state index is 0.0447. The Morgan fingerprint density at radius 1 is 1.16 bits per heavy atom. The highest BCUT2D eigenvalue weighted by atomic mass is 16.6. The second kappa shape index (κ2) is 7.56. The minimum atomic E-state index is -0.890. The normalized spacial score (nSPS) is 10.5. The summed E-state index contributed by atoms with van der Waals surface area (Å²) < 4.78 is 9.62. The second-order valence-corrected chi connectivity index (χ2v) is 4.74. The van der Waals surface area contributed by atoms with Crippen LogP contribution in [0.4, 0.5) is 4.79 Å². The van der Waals surface area contributed by atoms with Crippen molar-refractivity contribution in [2.75, 3.05) is 13.2 Å². The van der Waals surface area contributed by atoms with Crippen LogP contribution < -0.4 is 5.32 Å². The van der Waals surface area contributed by atoms with Crippen LogP contribution in [0.5, 0.6) is 0 Å². The van der Waals surface area contributed by atoms with Gasteiger partial charge in [0, 0.05) is 5.57 Å². The molecule has 0 rings (SSSR count). The van der Waals surface area contributed by atoms with Gasteiger partial charge in [-0.05, 0) is 27.2 Å². The Kier molecular flexibility index (Phi) is 6.82. The number of amides is 2. The number of carbonyl (C=O) groups is 3. The Labute approximate surface area is 113 Å². The van der Waals surface area contributed by atoms with Gasteiger partial charge in [-0.15, -0.1) is 0 Å². The highest BCUT2D eigenvalue weighted by molar-refractivity contribution is 6.01. The van der Waals surface area contributed by atoms with Gasteiger partial charge in [0.2, 0.25) is 0 Å². The zero-order chi connectivity index (χ0) is 15.1. The lowest BCUT2D eigenvalue weighted by molar-refractivity contribution is -0.155. The molecular formula is C13H21NO5. The number of esters is 1. The zero-order valence-electron chi connectivity index (χ0n) is 11.9. The standard InChI is InChI=1S/C13H21NO5/c1-6-13(4,5)11(16)18-7-8-19-12(17)14-10(15)9(2)3/h2,6-8H2,1,3-5H3,(H,14,15,17). The van der Waals surface area contributed by atoms with Crippen molar-refractivity contribution in [3.05, 3.63) is 12.2 Å². The minimum Gasteiger partial charge on any atom is -0.462 e.